The van der Waals surface area contributed by atoms with Crippen molar-refractivity contribution in [2.24, 2.45) is 5.10 Å². The average Bonchev–Trinajstić information content (AvgIpc) is 3.21. The fraction of sp³-hybridized carbons (Fsp3) is 0.100. The van der Waals surface area contributed by atoms with Crippen molar-refractivity contribution in [2.45, 2.75) is 17.5 Å². The molecule has 11 heteroatoms. The fourth-order valence-electron chi connectivity index (χ4n) is 2.42. The number of hydrogen-bond donors (Lipinski definition) is 1. The second kappa shape index (κ2) is 9.31. The maximum atomic E-state index is 12.7. The maximum absolute atomic E-state index is 12.7. The van der Waals surface area contributed by atoms with Crippen LogP contribution in [0.2, 0.25) is 0 Å². The first-order chi connectivity index (χ1) is 14.6. The molecule has 1 heterocycles. The molecule has 0 atom stereocenters. The van der Waals surface area contributed by atoms with Gasteiger partial charge in [-0.1, -0.05) is 18.2 Å². The highest BCUT2D eigenvalue weighted by atomic mass is 32.2. The Kier molecular flexibility index (Phi) is 6.76. The Hall–Kier alpha value is -3.18. The smallest absolute Gasteiger partial charge is 0.378 e. The van der Waals surface area contributed by atoms with Crippen molar-refractivity contribution in [3.05, 3.63) is 82.0 Å². The summed E-state index contributed by atoms with van der Waals surface area (Å²) >= 11 is 1.43. The van der Waals surface area contributed by atoms with Gasteiger partial charge in [-0.25, -0.2) is 5.43 Å². The number of nitrogens with one attached hydrogen (secondary N) is 1. The number of alkyl halides is 3. The molecule has 0 aliphatic rings. The lowest BCUT2D eigenvalue weighted by atomic mass is 10.2. The van der Waals surface area contributed by atoms with E-state index in [1.165, 1.54) is 35.8 Å². The van der Waals surface area contributed by atoms with Gasteiger partial charge in [0.25, 0.3) is 0 Å². The van der Waals surface area contributed by atoms with Crippen LogP contribution in [0.3, 0.4) is 0 Å². The van der Waals surface area contributed by atoms with E-state index in [0.717, 1.165) is 17.0 Å². The molecule has 1 amide bonds. The molecule has 2 aromatic carbocycles. The van der Waals surface area contributed by atoms with Gasteiger partial charge in [-0.2, -0.15) is 26.7 Å². The Labute approximate surface area is 180 Å². The molecular formula is C20H15F3N2O4S2. The molecular weight excluding hydrogens is 453 g/mol. The van der Waals surface area contributed by atoms with Crippen LogP contribution < -0.4 is 9.61 Å². The number of nitrogens with zero attached hydrogens (tertiary/aromatic N) is 1. The molecule has 6 nitrogen and oxygen atoms in total. The van der Waals surface area contributed by atoms with E-state index in [0.29, 0.717) is 12.1 Å². The predicted molar refractivity (Wildman–Crippen MR) is 109 cm³/mol. The van der Waals surface area contributed by atoms with Crippen LogP contribution in [0.1, 0.15) is 16.0 Å². The molecule has 0 saturated carbocycles. The van der Waals surface area contributed by atoms with Crippen molar-refractivity contribution in [1.29, 1.82) is 0 Å². The van der Waals surface area contributed by atoms with E-state index in [1.54, 1.807) is 6.07 Å². The minimum absolute atomic E-state index is 0.0985. The minimum Gasteiger partial charge on any atom is -0.378 e. The number of rotatable bonds is 7. The van der Waals surface area contributed by atoms with Crippen LogP contribution in [-0.4, -0.2) is 20.5 Å². The summed E-state index contributed by atoms with van der Waals surface area (Å²) in [4.78, 5) is 12.3. The van der Waals surface area contributed by atoms with E-state index in [4.69, 9.17) is 4.18 Å². The number of benzene rings is 2. The highest BCUT2D eigenvalue weighted by molar-refractivity contribution is 7.87. The second-order valence-electron chi connectivity index (χ2n) is 6.15. The van der Waals surface area contributed by atoms with Gasteiger partial charge in [0.2, 0.25) is 5.91 Å². The third-order valence-corrected chi connectivity index (χ3v) is 6.02. The van der Waals surface area contributed by atoms with Crippen LogP contribution >= 0.6 is 11.3 Å². The molecule has 0 unspecified atom stereocenters. The van der Waals surface area contributed by atoms with Gasteiger partial charge in [0.1, 0.15) is 4.90 Å². The van der Waals surface area contributed by atoms with Crippen molar-refractivity contribution in [3.8, 4) is 5.75 Å². The van der Waals surface area contributed by atoms with E-state index in [2.05, 4.69) is 10.5 Å². The molecule has 0 radical (unpaired) electrons. The first kappa shape index (κ1) is 22.5. The quantitative estimate of drug-likeness (QED) is 0.320. The van der Waals surface area contributed by atoms with Gasteiger partial charge >= 0.3 is 16.3 Å². The molecule has 3 aromatic rings. The van der Waals surface area contributed by atoms with E-state index >= 15 is 0 Å². The Morgan fingerprint density at radius 1 is 1.06 bits per heavy atom. The molecule has 0 fully saturated rings. The van der Waals surface area contributed by atoms with Gasteiger partial charge in [0, 0.05) is 10.4 Å². The van der Waals surface area contributed by atoms with Crippen molar-refractivity contribution < 1.29 is 30.6 Å². The van der Waals surface area contributed by atoms with Gasteiger partial charge < -0.3 is 4.18 Å². The monoisotopic (exact) mass is 468 g/mol. The number of para-hydroxylation sites is 1. The third-order valence-electron chi connectivity index (χ3n) is 3.90. The summed E-state index contributed by atoms with van der Waals surface area (Å²) in [6.07, 6.45) is -3.22. The summed E-state index contributed by atoms with van der Waals surface area (Å²) < 4.78 is 68.0. The normalized spacial score (nSPS) is 12.1. The van der Waals surface area contributed by atoms with Gasteiger partial charge in [-0.15, -0.1) is 11.3 Å². The van der Waals surface area contributed by atoms with Crippen molar-refractivity contribution in [1.82, 2.24) is 5.43 Å². The zero-order valence-electron chi connectivity index (χ0n) is 15.7. The standard InChI is InChI=1S/C20H15F3N2O4S2/c21-20(22,23)15-7-9-17(10-8-15)31(27,28)29-18-6-2-1-4-14(18)13-24-25-19(26)12-16-5-3-11-30-16/h1-11,13H,12H2,(H,25,26)/b24-13+. The van der Waals surface area contributed by atoms with Crippen molar-refractivity contribution >= 4 is 33.6 Å². The van der Waals surface area contributed by atoms with E-state index in [9.17, 15) is 26.4 Å². The molecule has 0 saturated heterocycles. The summed E-state index contributed by atoms with van der Waals surface area (Å²) in [6.45, 7) is 0. The van der Waals surface area contributed by atoms with Gasteiger partial charge in [-0.3, -0.25) is 4.79 Å². The van der Waals surface area contributed by atoms with E-state index < -0.39 is 26.8 Å². The lowest BCUT2D eigenvalue weighted by Crippen LogP contribution is -2.19. The highest BCUT2D eigenvalue weighted by Gasteiger charge is 2.31. The Bertz CT molecular complexity index is 1170. The van der Waals surface area contributed by atoms with Crippen LogP contribution in [0.25, 0.3) is 0 Å². The molecule has 3 rings (SSSR count). The molecule has 0 spiro atoms. The molecule has 0 bridgehead atoms. The molecule has 162 valence electrons. The first-order valence-electron chi connectivity index (χ1n) is 8.70. The van der Waals surface area contributed by atoms with Gasteiger partial charge in [0.15, 0.2) is 5.75 Å². The van der Waals surface area contributed by atoms with Crippen LogP contribution in [0.5, 0.6) is 5.75 Å². The lowest BCUT2D eigenvalue weighted by molar-refractivity contribution is -0.137. The average molecular weight is 468 g/mol. The minimum atomic E-state index is -4.58. The van der Waals surface area contributed by atoms with Crippen molar-refractivity contribution in [3.63, 3.8) is 0 Å². The Morgan fingerprint density at radius 2 is 1.77 bits per heavy atom. The largest absolute Gasteiger partial charge is 0.416 e. The zero-order chi connectivity index (χ0) is 22.5. The number of thiophene rings is 1. The van der Waals surface area contributed by atoms with Gasteiger partial charge in [0.05, 0.1) is 18.2 Å². The third kappa shape index (κ3) is 6.15. The van der Waals surface area contributed by atoms with Crippen LogP contribution in [-0.2, 0) is 27.5 Å². The summed E-state index contributed by atoms with van der Waals surface area (Å²) in [5.41, 5.74) is 1.61. The fourth-order valence-corrected chi connectivity index (χ4v) is 4.08. The summed E-state index contributed by atoms with van der Waals surface area (Å²) in [5, 5.41) is 5.65. The number of hydrogen-bond acceptors (Lipinski definition) is 6. The van der Waals surface area contributed by atoms with Crippen LogP contribution in [0.15, 0.2) is 76.0 Å². The number of hydrazone groups is 1. The predicted octanol–water partition coefficient (Wildman–Crippen LogP) is 4.23. The number of carbonyl (C=O) groups excluding carboxylic acids is 1. The van der Waals surface area contributed by atoms with Crippen molar-refractivity contribution in [2.75, 3.05) is 0 Å². The van der Waals surface area contributed by atoms with Gasteiger partial charge in [-0.05, 0) is 47.8 Å². The van der Waals surface area contributed by atoms with E-state index in [-0.39, 0.29) is 23.6 Å². The second-order valence-corrected chi connectivity index (χ2v) is 8.73. The summed E-state index contributed by atoms with van der Waals surface area (Å²) in [5.74, 6) is -0.451. The SMILES string of the molecule is O=C(Cc1cccs1)N/N=C/c1ccccc1OS(=O)(=O)c1ccc(C(F)(F)F)cc1. The van der Waals surface area contributed by atoms with Crippen LogP contribution in [0.4, 0.5) is 13.2 Å². The molecule has 1 aromatic heterocycles. The lowest BCUT2D eigenvalue weighted by Gasteiger charge is -2.11. The topological polar surface area (TPSA) is 84.8 Å². The zero-order valence-corrected chi connectivity index (χ0v) is 17.3. The van der Waals surface area contributed by atoms with E-state index in [1.807, 2.05) is 17.5 Å². The molecule has 0 aliphatic carbocycles. The molecule has 31 heavy (non-hydrogen) atoms. The Balaban J connectivity index is 1.71. The first-order valence-corrected chi connectivity index (χ1v) is 11.0. The number of carbonyl (C=O) groups is 1. The summed E-state index contributed by atoms with van der Waals surface area (Å²) in [6, 6.07) is 12.6. The summed E-state index contributed by atoms with van der Waals surface area (Å²) in [7, 11) is -4.39. The number of halogens is 3. The highest BCUT2D eigenvalue weighted by Crippen LogP contribution is 2.30. The van der Waals surface area contributed by atoms with Crippen LogP contribution in [0, 0.1) is 0 Å². The molecule has 0 aliphatic heterocycles. The Morgan fingerprint density at radius 3 is 2.42 bits per heavy atom. The molecule has 1 N–H and O–H groups in total. The maximum Gasteiger partial charge on any atom is 0.416 e. The number of amides is 1.